The lowest BCUT2D eigenvalue weighted by Crippen LogP contribution is -2.25. The van der Waals surface area contributed by atoms with Gasteiger partial charge in [-0.2, -0.15) is 0 Å². The number of aliphatic hydroxyl groups is 1. The van der Waals surface area contributed by atoms with E-state index in [1.807, 2.05) is 18.3 Å². The fourth-order valence-corrected chi connectivity index (χ4v) is 3.79. The first kappa shape index (κ1) is 17.2. The fraction of sp³-hybridized carbons (Fsp3) is 0.412. The minimum absolute atomic E-state index is 0.345. The van der Waals surface area contributed by atoms with Crippen LogP contribution < -0.4 is 4.72 Å². The lowest BCUT2D eigenvalue weighted by Gasteiger charge is -2.21. The molecule has 3 N–H and O–H groups in total. The maximum Gasteiger partial charge on any atom is 0.214 e. The summed E-state index contributed by atoms with van der Waals surface area (Å²) < 4.78 is 25.5. The van der Waals surface area contributed by atoms with E-state index in [1.165, 1.54) is 12.6 Å². The molecule has 0 radical (unpaired) electrons. The molecule has 0 aliphatic carbocycles. The van der Waals surface area contributed by atoms with E-state index in [0.717, 1.165) is 36.0 Å². The van der Waals surface area contributed by atoms with Crippen molar-refractivity contribution in [2.45, 2.75) is 12.5 Å². The van der Waals surface area contributed by atoms with E-state index in [2.05, 4.69) is 27.7 Å². The van der Waals surface area contributed by atoms with Gasteiger partial charge < -0.3 is 15.0 Å². The Bertz CT molecular complexity index is 870. The normalized spacial score (nSPS) is 17.9. The van der Waals surface area contributed by atoms with E-state index in [-0.39, 0.29) is 5.75 Å². The highest BCUT2D eigenvalue weighted by Gasteiger charge is 2.19. The summed E-state index contributed by atoms with van der Waals surface area (Å²) in [5.74, 6) is -0.345. The van der Waals surface area contributed by atoms with E-state index in [1.54, 1.807) is 6.07 Å². The lowest BCUT2D eigenvalue weighted by molar-refractivity contribution is 0.201. The number of benzene rings is 1. The molecule has 0 spiro atoms. The smallest absolute Gasteiger partial charge is 0.214 e. The van der Waals surface area contributed by atoms with Crippen LogP contribution in [0.3, 0.4) is 0 Å². The maximum atomic E-state index is 11.7. The molecule has 2 heterocycles. The van der Waals surface area contributed by atoms with Gasteiger partial charge in [-0.3, -0.25) is 0 Å². The molecule has 3 rings (SSSR count). The largest absolute Gasteiger partial charge is 0.387 e. The summed E-state index contributed by atoms with van der Waals surface area (Å²) in [6, 6.07) is 5.54. The number of hydrogen-bond donors (Lipinski definition) is 3. The van der Waals surface area contributed by atoms with Crippen molar-refractivity contribution in [1.82, 2.24) is 14.6 Å². The molecular formula is C17H23N3O3S. The zero-order valence-electron chi connectivity index (χ0n) is 13.9. The van der Waals surface area contributed by atoms with Gasteiger partial charge in [-0.1, -0.05) is 12.1 Å². The van der Waals surface area contributed by atoms with Crippen LogP contribution in [0.5, 0.6) is 0 Å². The van der Waals surface area contributed by atoms with Crippen LogP contribution >= 0.6 is 0 Å². The van der Waals surface area contributed by atoms with Crippen LogP contribution in [0.1, 0.15) is 23.7 Å². The molecule has 24 heavy (non-hydrogen) atoms. The number of aliphatic hydroxyl groups excluding tert-OH is 1. The first-order chi connectivity index (χ1) is 11.4. The van der Waals surface area contributed by atoms with Crippen LogP contribution in [0, 0.1) is 0 Å². The van der Waals surface area contributed by atoms with Crippen LogP contribution in [0.4, 0.5) is 0 Å². The molecule has 0 saturated carbocycles. The molecule has 0 bridgehead atoms. The highest BCUT2D eigenvalue weighted by atomic mass is 32.2. The zero-order chi connectivity index (χ0) is 17.3. The molecule has 2 aromatic rings. The number of nitrogens with one attached hydrogen (secondary N) is 2. The molecule has 0 saturated heterocycles. The molecule has 0 fully saturated rings. The SMILES string of the molecule is CNS(=O)(=O)CC(O)c1ccc2[nH]cc(C3=CCN(C)CC3)c2c1. The number of rotatable bonds is 5. The average molecular weight is 349 g/mol. The number of sulfonamides is 1. The first-order valence-electron chi connectivity index (χ1n) is 7.98. The van der Waals surface area contributed by atoms with E-state index in [9.17, 15) is 13.5 Å². The van der Waals surface area contributed by atoms with Crippen LogP contribution in [0.2, 0.25) is 0 Å². The minimum Gasteiger partial charge on any atom is -0.387 e. The zero-order valence-corrected chi connectivity index (χ0v) is 14.7. The summed E-state index contributed by atoms with van der Waals surface area (Å²) in [5.41, 5.74) is 4.01. The monoisotopic (exact) mass is 349 g/mol. The van der Waals surface area contributed by atoms with Gasteiger partial charge in [0.25, 0.3) is 0 Å². The Morgan fingerprint density at radius 1 is 1.42 bits per heavy atom. The van der Waals surface area contributed by atoms with Gasteiger partial charge in [0.1, 0.15) is 0 Å². The predicted molar refractivity (Wildman–Crippen MR) is 96.2 cm³/mol. The summed E-state index contributed by atoms with van der Waals surface area (Å²) in [5, 5.41) is 11.3. The van der Waals surface area contributed by atoms with E-state index in [4.69, 9.17) is 0 Å². The molecule has 1 aromatic heterocycles. The third-order valence-electron chi connectivity index (χ3n) is 4.54. The first-order valence-corrected chi connectivity index (χ1v) is 9.63. The molecule has 1 aliphatic heterocycles. The van der Waals surface area contributed by atoms with Crippen LogP contribution in [-0.4, -0.2) is 56.3 Å². The Morgan fingerprint density at radius 2 is 2.21 bits per heavy atom. The lowest BCUT2D eigenvalue weighted by atomic mass is 9.97. The van der Waals surface area contributed by atoms with Crippen molar-refractivity contribution in [2.24, 2.45) is 0 Å². The highest BCUT2D eigenvalue weighted by Crippen LogP contribution is 2.31. The van der Waals surface area contributed by atoms with Crippen molar-refractivity contribution in [1.29, 1.82) is 0 Å². The average Bonchev–Trinajstić information content (AvgIpc) is 2.98. The van der Waals surface area contributed by atoms with Gasteiger partial charge in [0.15, 0.2) is 0 Å². The van der Waals surface area contributed by atoms with Crippen molar-refractivity contribution in [3.05, 3.63) is 41.6 Å². The molecule has 7 heteroatoms. The van der Waals surface area contributed by atoms with Crippen molar-refractivity contribution >= 4 is 26.5 Å². The number of fused-ring (bicyclic) bond motifs is 1. The number of nitrogens with zero attached hydrogens (tertiary/aromatic N) is 1. The number of hydrogen-bond acceptors (Lipinski definition) is 4. The maximum absolute atomic E-state index is 11.7. The molecule has 6 nitrogen and oxygen atoms in total. The predicted octanol–water partition coefficient (Wildman–Crippen LogP) is 1.47. The molecule has 1 aliphatic rings. The molecule has 1 atom stereocenters. The Kier molecular flexibility index (Phi) is 4.78. The fourth-order valence-electron chi connectivity index (χ4n) is 3.01. The molecular weight excluding hydrogens is 326 g/mol. The van der Waals surface area contributed by atoms with Crippen molar-refractivity contribution in [2.75, 3.05) is 32.9 Å². The van der Waals surface area contributed by atoms with E-state index >= 15 is 0 Å². The standard InChI is InChI=1S/C17H23N3O3S/c1-18-24(22,23)11-17(21)13-3-4-16-14(9-13)15(10-19-16)12-5-7-20(2)8-6-12/h3-5,9-10,17-19,21H,6-8,11H2,1-2H3. The summed E-state index contributed by atoms with van der Waals surface area (Å²) >= 11 is 0. The molecule has 1 unspecified atom stereocenters. The number of H-pyrrole nitrogens is 1. The van der Waals surface area contributed by atoms with Gasteiger partial charge in [0.2, 0.25) is 10.0 Å². The van der Waals surface area contributed by atoms with Crippen LogP contribution in [0.15, 0.2) is 30.5 Å². The second-order valence-corrected chi connectivity index (χ2v) is 8.22. The Balaban J connectivity index is 1.94. The second-order valence-electron chi connectivity index (χ2n) is 6.25. The van der Waals surface area contributed by atoms with Gasteiger partial charge in [-0.25, -0.2) is 13.1 Å². The van der Waals surface area contributed by atoms with Gasteiger partial charge in [-0.05, 0) is 43.8 Å². The molecule has 0 amide bonds. The van der Waals surface area contributed by atoms with Crippen molar-refractivity contribution in [3.63, 3.8) is 0 Å². The van der Waals surface area contributed by atoms with Crippen molar-refractivity contribution < 1.29 is 13.5 Å². The quantitative estimate of drug-likeness (QED) is 0.763. The molecule has 1 aromatic carbocycles. The highest BCUT2D eigenvalue weighted by molar-refractivity contribution is 7.89. The van der Waals surface area contributed by atoms with Gasteiger partial charge in [0.05, 0.1) is 11.9 Å². The minimum atomic E-state index is -3.47. The second kappa shape index (κ2) is 6.68. The number of likely N-dealkylation sites (N-methyl/N-ethyl adjacent to an activating group) is 1. The summed E-state index contributed by atoms with van der Waals surface area (Å²) in [7, 11) is -0.0225. The summed E-state index contributed by atoms with van der Waals surface area (Å²) in [4.78, 5) is 5.52. The Morgan fingerprint density at radius 3 is 2.88 bits per heavy atom. The topological polar surface area (TPSA) is 85.4 Å². The van der Waals surface area contributed by atoms with E-state index < -0.39 is 16.1 Å². The van der Waals surface area contributed by atoms with Crippen LogP contribution in [-0.2, 0) is 10.0 Å². The Labute approximate surface area is 142 Å². The third-order valence-corrected chi connectivity index (χ3v) is 5.91. The summed E-state index contributed by atoms with van der Waals surface area (Å²) in [6.45, 7) is 1.94. The number of aromatic nitrogens is 1. The third kappa shape index (κ3) is 3.54. The summed E-state index contributed by atoms with van der Waals surface area (Å²) in [6.07, 6.45) is 4.13. The molecule has 130 valence electrons. The Hall–Kier alpha value is -1.67. The van der Waals surface area contributed by atoms with Gasteiger partial charge in [-0.15, -0.1) is 0 Å². The number of aromatic amines is 1. The van der Waals surface area contributed by atoms with Gasteiger partial charge in [0, 0.05) is 35.8 Å². The van der Waals surface area contributed by atoms with E-state index in [0.29, 0.717) is 5.56 Å². The van der Waals surface area contributed by atoms with Crippen molar-refractivity contribution in [3.8, 4) is 0 Å². The van der Waals surface area contributed by atoms with Crippen LogP contribution in [0.25, 0.3) is 16.5 Å². The van der Waals surface area contributed by atoms with Gasteiger partial charge >= 0.3 is 0 Å².